The molecular weight excluding hydrogens is 341 g/mol. The van der Waals surface area contributed by atoms with Crippen molar-refractivity contribution in [2.24, 2.45) is 0 Å². The third-order valence-electron chi connectivity index (χ3n) is 3.30. The van der Waals surface area contributed by atoms with Crippen LogP contribution in [-0.4, -0.2) is 17.9 Å². The Morgan fingerprint density at radius 1 is 1.21 bits per heavy atom. The second-order valence-corrected chi connectivity index (χ2v) is 6.14. The standard InChI is InChI=1S/C16H15F3N2O2S/c1-9-5-6-11(8-12(9)16(17,18)19)21-14(22)10(2)20-15(23)13-4-3-7-24-13/h3-8,10H,1-2H3,(H,20,23)(H,21,22). The molecule has 1 unspecified atom stereocenters. The molecule has 0 aliphatic rings. The van der Waals surface area contributed by atoms with Gasteiger partial charge in [0.25, 0.3) is 5.91 Å². The van der Waals surface area contributed by atoms with Crippen LogP contribution < -0.4 is 10.6 Å². The lowest BCUT2D eigenvalue weighted by Crippen LogP contribution is -2.41. The molecule has 2 amide bonds. The highest BCUT2D eigenvalue weighted by molar-refractivity contribution is 7.12. The van der Waals surface area contributed by atoms with Crippen LogP contribution in [0, 0.1) is 6.92 Å². The maximum Gasteiger partial charge on any atom is 0.416 e. The molecule has 0 aliphatic heterocycles. The van der Waals surface area contributed by atoms with Gasteiger partial charge in [0.05, 0.1) is 10.4 Å². The smallest absolute Gasteiger partial charge is 0.340 e. The predicted octanol–water partition coefficient (Wildman–Crippen LogP) is 3.83. The average molecular weight is 356 g/mol. The Morgan fingerprint density at radius 2 is 1.92 bits per heavy atom. The summed E-state index contributed by atoms with van der Waals surface area (Å²) in [5.41, 5.74) is -0.717. The SMILES string of the molecule is Cc1ccc(NC(=O)C(C)NC(=O)c2cccs2)cc1C(F)(F)F. The molecule has 0 aliphatic carbocycles. The van der Waals surface area contributed by atoms with Crippen molar-refractivity contribution in [3.8, 4) is 0 Å². The Morgan fingerprint density at radius 3 is 2.50 bits per heavy atom. The van der Waals surface area contributed by atoms with Crippen LogP contribution in [0.5, 0.6) is 0 Å². The van der Waals surface area contributed by atoms with Crippen molar-refractivity contribution in [3.05, 3.63) is 51.7 Å². The predicted molar refractivity (Wildman–Crippen MR) is 86.1 cm³/mol. The Balaban J connectivity index is 2.05. The Labute approximate surface area is 140 Å². The number of amides is 2. The zero-order chi connectivity index (χ0) is 17.9. The maximum absolute atomic E-state index is 12.9. The Hall–Kier alpha value is -2.35. The van der Waals surface area contributed by atoms with E-state index >= 15 is 0 Å². The van der Waals surface area contributed by atoms with Gasteiger partial charge >= 0.3 is 6.18 Å². The highest BCUT2D eigenvalue weighted by Gasteiger charge is 2.32. The van der Waals surface area contributed by atoms with E-state index in [2.05, 4.69) is 10.6 Å². The van der Waals surface area contributed by atoms with Gasteiger partial charge in [-0.1, -0.05) is 12.1 Å². The summed E-state index contributed by atoms with van der Waals surface area (Å²) in [6, 6.07) is 5.97. The summed E-state index contributed by atoms with van der Waals surface area (Å²) in [4.78, 5) is 24.4. The summed E-state index contributed by atoms with van der Waals surface area (Å²) < 4.78 is 38.7. The summed E-state index contributed by atoms with van der Waals surface area (Å²) in [5.74, 6) is -1.01. The topological polar surface area (TPSA) is 58.2 Å². The van der Waals surface area contributed by atoms with Crippen LogP contribution in [0.2, 0.25) is 0 Å². The molecule has 128 valence electrons. The van der Waals surface area contributed by atoms with Gasteiger partial charge < -0.3 is 10.6 Å². The molecule has 2 aromatic rings. The van der Waals surface area contributed by atoms with E-state index in [0.717, 1.165) is 6.07 Å². The third kappa shape index (κ3) is 4.35. The van der Waals surface area contributed by atoms with Crippen LogP contribution in [0.3, 0.4) is 0 Å². The minimum atomic E-state index is -4.50. The monoisotopic (exact) mass is 356 g/mol. The van der Waals surface area contributed by atoms with Crippen molar-refractivity contribution in [3.63, 3.8) is 0 Å². The number of thiophene rings is 1. The lowest BCUT2D eigenvalue weighted by atomic mass is 10.1. The number of halogens is 3. The first-order valence-electron chi connectivity index (χ1n) is 7.01. The Bertz CT molecular complexity index is 742. The van der Waals surface area contributed by atoms with Crippen LogP contribution in [0.4, 0.5) is 18.9 Å². The number of hydrogen-bond acceptors (Lipinski definition) is 3. The summed E-state index contributed by atoms with van der Waals surface area (Å²) in [7, 11) is 0. The molecule has 2 N–H and O–H groups in total. The molecule has 1 heterocycles. The number of rotatable bonds is 4. The van der Waals surface area contributed by atoms with E-state index in [1.807, 2.05) is 0 Å². The van der Waals surface area contributed by atoms with E-state index in [0.29, 0.717) is 4.88 Å². The fourth-order valence-corrected chi connectivity index (χ4v) is 2.62. The van der Waals surface area contributed by atoms with E-state index in [-0.39, 0.29) is 11.3 Å². The Kier molecular flexibility index (Phi) is 5.28. The first-order valence-corrected chi connectivity index (χ1v) is 7.89. The highest BCUT2D eigenvalue weighted by Crippen LogP contribution is 2.33. The van der Waals surface area contributed by atoms with Crippen molar-refractivity contribution in [2.45, 2.75) is 26.1 Å². The lowest BCUT2D eigenvalue weighted by Gasteiger charge is -2.16. The number of nitrogens with one attached hydrogen (secondary N) is 2. The number of aryl methyl sites for hydroxylation is 1. The normalized spacial score (nSPS) is 12.5. The molecule has 1 aromatic carbocycles. The minimum Gasteiger partial charge on any atom is -0.340 e. The first kappa shape index (κ1) is 18.0. The van der Waals surface area contributed by atoms with E-state index in [1.54, 1.807) is 17.5 Å². The molecule has 1 atom stereocenters. The summed E-state index contributed by atoms with van der Waals surface area (Å²) in [6.07, 6.45) is -4.50. The number of anilines is 1. The molecule has 0 saturated heterocycles. The van der Waals surface area contributed by atoms with Gasteiger partial charge in [0, 0.05) is 5.69 Å². The second-order valence-electron chi connectivity index (χ2n) is 5.19. The van der Waals surface area contributed by atoms with E-state index in [9.17, 15) is 22.8 Å². The van der Waals surface area contributed by atoms with Crippen LogP contribution in [-0.2, 0) is 11.0 Å². The van der Waals surface area contributed by atoms with Gasteiger partial charge in [0.2, 0.25) is 5.91 Å². The van der Waals surface area contributed by atoms with Crippen molar-refractivity contribution in [1.29, 1.82) is 0 Å². The second kappa shape index (κ2) is 7.04. The van der Waals surface area contributed by atoms with Gasteiger partial charge in [-0.2, -0.15) is 13.2 Å². The van der Waals surface area contributed by atoms with Gasteiger partial charge in [0.15, 0.2) is 0 Å². The van der Waals surface area contributed by atoms with Gasteiger partial charge in [-0.25, -0.2) is 0 Å². The van der Waals surface area contributed by atoms with E-state index in [4.69, 9.17) is 0 Å². The molecule has 1 aromatic heterocycles. The third-order valence-corrected chi connectivity index (χ3v) is 4.16. The number of hydrogen-bond donors (Lipinski definition) is 2. The number of alkyl halides is 3. The molecular formula is C16H15F3N2O2S. The van der Waals surface area contributed by atoms with Gasteiger partial charge in [-0.3, -0.25) is 9.59 Å². The maximum atomic E-state index is 12.9. The molecule has 0 fully saturated rings. The molecule has 0 bridgehead atoms. The first-order chi connectivity index (χ1) is 11.2. The van der Waals surface area contributed by atoms with Crippen LogP contribution in [0.25, 0.3) is 0 Å². The van der Waals surface area contributed by atoms with E-state index in [1.165, 1.54) is 37.3 Å². The summed E-state index contributed by atoms with van der Waals surface area (Å²) >= 11 is 1.23. The van der Waals surface area contributed by atoms with Crippen LogP contribution in [0.1, 0.15) is 27.7 Å². The number of carbonyl (C=O) groups is 2. The average Bonchev–Trinajstić information content (AvgIpc) is 3.02. The van der Waals surface area contributed by atoms with Gasteiger partial charge in [0.1, 0.15) is 6.04 Å². The number of benzene rings is 1. The van der Waals surface area contributed by atoms with Crippen molar-refractivity contribution >= 4 is 28.8 Å². The lowest BCUT2D eigenvalue weighted by molar-refractivity contribution is -0.138. The fraction of sp³-hybridized carbons (Fsp3) is 0.250. The molecule has 0 spiro atoms. The van der Waals surface area contributed by atoms with Crippen molar-refractivity contribution < 1.29 is 22.8 Å². The molecule has 2 rings (SSSR count). The molecule has 0 saturated carbocycles. The molecule has 4 nitrogen and oxygen atoms in total. The summed E-state index contributed by atoms with van der Waals surface area (Å²) in [6.45, 7) is 2.80. The zero-order valence-electron chi connectivity index (χ0n) is 12.9. The van der Waals surface area contributed by atoms with Crippen molar-refractivity contribution in [1.82, 2.24) is 5.32 Å². The zero-order valence-corrected chi connectivity index (χ0v) is 13.7. The van der Waals surface area contributed by atoms with Gasteiger partial charge in [-0.05, 0) is 43.0 Å². The largest absolute Gasteiger partial charge is 0.416 e. The van der Waals surface area contributed by atoms with E-state index < -0.39 is 29.6 Å². The fourth-order valence-electron chi connectivity index (χ4n) is 2.00. The molecule has 0 radical (unpaired) electrons. The van der Waals surface area contributed by atoms with Crippen LogP contribution in [0.15, 0.2) is 35.7 Å². The minimum absolute atomic E-state index is 0.0233. The van der Waals surface area contributed by atoms with Crippen LogP contribution >= 0.6 is 11.3 Å². The summed E-state index contributed by atoms with van der Waals surface area (Å²) in [5, 5.41) is 6.60. The highest BCUT2D eigenvalue weighted by atomic mass is 32.1. The quantitative estimate of drug-likeness (QED) is 0.875. The van der Waals surface area contributed by atoms with Gasteiger partial charge in [-0.15, -0.1) is 11.3 Å². The van der Waals surface area contributed by atoms with Crippen molar-refractivity contribution in [2.75, 3.05) is 5.32 Å². The molecule has 8 heteroatoms. The number of carbonyl (C=O) groups excluding carboxylic acids is 2. The molecule has 24 heavy (non-hydrogen) atoms.